The number of hydrogen-bond acceptors (Lipinski definition) is 3. The summed E-state index contributed by atoms with van der Waals surface area (Å²) in [6.45, 7) is 17.9. The molecule has 1 heterocycles. The molecule has 0 aliphatic carbocycles. The fourth-order valence-corrected chi connectivity index (χ4v) is 2.43. The molecule has 0 aromatic carbocycles. The van der Waals surface area contributed by atoms with Crippen molar-refractivity contribution in [2.45, 2.75) is 65.5 Å². The van der Waals surface area contributed by atoms with Crippen molar-refractivity contribution in [2.24, 2.45) is 5.92 Å². The lowest BCUT2D eigenvalue weighted by atomic mass is 9.94. The molecular weight excluding hydrogens is 238 g/mol. The van der Waals surface area contributed by atoms with Crippen LogP contribution in [-0.4, -0.2) is 49.0 Å². The lowest BCUT2D eigenvalue weighted by Crippen LogP contribution is -2.46. The maximum Gasteiger partial charge on any atom is 0.0707 e. The molecule has 3 heteroatoms. The summed E-state index contributed by atoms with van der Waals surface area (Å²) in [5, 5.41) is 0. The van der Waals surface area contributed by atoms with E-state index in [9.17, 15) is 0 Å². The van der Waals surface area contributed by atoms with Gasteiger partial charge in [-0.05, 0) is 73.4 Å². The van der Waals surface area contributed by atoms with Crippen molar-refractivity contribution in [1.29, 1.82) is 0 Å². The van der Waals surface area contributed by atoms with E-state index in [1.807, 2.05) is 0 Å². The average Bonchev–Trinajstić information content (AvgIpc) is 2.26. The van der Waals surface area contributed by atoms with Gasteiger partial charge >= 0.3 is 0 Å². The Morgan fingerprint density at radius 1 is 0.947 bits per heavy atom. The minimum Gasteiger partial charge on any atom is -0.379 e. The summed E-state index contributed by atoms with van der Waals surface area (Å²) in [5.41, 5.74) is 0.258. The summed E-state index contributed by atoms with van der Waals surface area (Å²) < 4.78 is 11.4. The third-order valence-electron chi connectivity index (χ3n) is 3.68. The molecule has 0 saturated carbocycles. The first-order chi connectivity index (χ1) is 8.68. The van der Waals surface area contributed by atoms with Gasteiger partial charge in [0.15, 0.2) is 0 Å². The van der Waals surface area contributed by atoms with E-state index in [0.29, 0.717) is 12.1 Å². The molecular formula is C16H33NO2. The first kappa shape index (κ1) is 16.9. The Morgan fingerprint density at radius 3 is 2.00 bits per heavy atom. The zero-order valence-electron chi connectivity index (χ0n) is 13.8. The minimum atomic E-state index is -0.0542. The second-order valence-electron chi connectivity index (χ2n) is 7.64. The maximum atomic E-state index is 5.75. The van der Waals surface area contributed by atoms with Gasteiger partial charge in [0, 0.05) is 12.1 Å². The molecule has 0 atom stereocenters. The van der Waals surface area contributed by atoms with Crippen LogP contribution in [0.4, 0.5) is 0 Å². The lowest BCUT2D eigenvalue weighted by molar-refractivity contribution is -0.0435. The average molecular weight is 271 g/mol. The number of likely N-dealkylation sites (tertiary alicyclic amines) is 1. The molecule has 1 rings (SSSR count). The summed E-state index contributed by atoms with van der Waals surface area (Å²) in [6, 6.07) is 0. The highest BCUT2D eigenvalue weighted by Gasteiger charge is 2.26. The fraction of sp³-hybridized carbons (Fsp3) is 1.00. The van der Waals surface area contributed by atoms with Gasteiger partial charge in [0.2, 0.25) is 0 Å². The van der Waals surface area contributed by atoms with Crippen molar-refractivity contribution in [1.82, 2.24) is 4.90 Å². The molecule has 0 aromatic heterocycles. The third kappa shape index (κ3) is 7.28. The largest absolute Gasteiger partial charge is 0.379 e. The molecule has 1 fully saturated rings. The minimum absolute atomic E-state index is 0.0542. The first-order valence-corrected chi connectivity index (χ1v) is 7.65. The zero-order chi connectivity index (χ0) is 14.5. The van der Waals surface area contributed by atoms with E-state index in [-0.39, 0.29) is 5.60 Å². The van der Waals surface area contributed by atoms with Gasteiger partial charge in [-0.3, -0.25) is 4.90 Å². The van der Waals surface area contributed by atoms with Crippen molar-refractivity contribution >= 4 is 0 Å². The van der Waals surface area contributed by atoms with Gasteiger partial charge in [0.1, 0.15) is 0 Å². The normalized spacial score (nSPS) is 19.9. The van der Waals surface area contributed by atoms with Crippen LogP contribution >= 0.6 is 0 Å². The number of piperidine rings is 1. The Bertz CT molecular complexity index is 244. The van der Waals surface area contributed by atoms with Crippen LogP contribution in [0.15, 0.2) is 0 Å². The Labute approximate surface area is 119 Å². The second kappa shape index (κ2) is 7.05. The van der Waals surface area contributed by atoms with Crippen molar-refractivity contribution in [3.05, 3.63) is 0 Å². The molecule has 3 nitrogen and oxygen atoms in total. The van der Waals surface area contributed by atoms with Crippen LogP contribution in [-0.2, 0) is 9.47 Å². The van der Waals surface area contributed by atoms with Crippen molar-refractivity contribution in [2.75, 3.05) is 32.9 Å². The molecule has 19 heavy (non-hydrogen) atoms. The van der Waals surface area contributed by atoms with Gasteiger partial charge in [-0.25, -0.2) is 0 Å². The Hall–Kier alpha value is -0.120. The number of nitrogens with zero attached hydrogens (tertiary/aromatic N) is 1. The van der Waals surface area contributed by atoms with Gasteiger partial charge in [-0.15, -0.1) is 0 Å². The van der Waals surface area contributed by atoms with E-state index < -0.39 is 0 Å². The molecule has 0 unspecified atom stereocenters. The molecule has 0 aromatic rings. The van der Waals surface area contributed by atoms with Gasteiger partial charge in [0.05, 0.1) is 18.8 Å². The zero-order valence-corrected chi connectivity index (χ0v) is 13.8. The summed E-state index contributed by atoms with van der Waals surface area (Å²) in [4.78, 5) is 2.58. The monoisotopic (exact) mass is 271 g/mol. The Morgan fingerprint density at radius 2 is 1.53 bits per heavy atom. The topological polar surface area (TPSA) is 21.7 Å². The van der Waals surface area contributed by atoms with Crippen LogP contribution in [0.25, 0.3) is 0 Å². The highest BCUT2D eigenvalue weighted by molar-refractivity contribution is 4.81. The Kier molecular flexibility index (Phi) is 6.28. The fourth-order valence-electron chi connectivity index (χ4n) is 2.43. The molecule has 0 spiro atoms. The quantitative estimate of drug-likeness (QED) is 0.716. The van der Waals surface area contributed by atoms with E-state index in [1.165, 1.54) is 25.9 Å². The highest BCUT2D eigenvalue weighted by Crippen LogP contribution is 2.23. The first-order valence-electron chi connectivity index (χ1n) is 7.65. The van der Waals surface area contributed by atoms with E-state index in [0.717, 1.165) is 19.1 Å². The Balaban J connectivity index is 2.07. The molecule has 1 aliphatic rings. The van der Waals surface area contributed by atoms with E-state index in [4.69, 9.17) is 9.47 Å². The lowest BCUT2D eigenvalue weighted by Gasteiger charge is -2.40. The number of rotatable bonds is 5. The number of hydrogen-bond donors (Lipinski definition) is 0. The number of ether oxygens (including phenoxy) is 2. The molecule has 0 radical (unpaired) electrons. The van der Waals surface area contributed by atoms with Crippen molar-refractivity contribution in [3.8, 4) is 0 Å². The summed E-state index contributed by atoms with van der Waals surface area (Å²) >= 11 is 0. The maximum absolute atomic E-state index is 5.75. The van der Waals surface area contributed by atoms with Crippen LogP contribution in [0.5, 0.6) is 0 Å². The van der Waals surface area contributed by atoms with E-state index >= 15 is 0 Å². The molecule has 114 valence electrons. The summed E-state index contributed by atoms with van der Waals surface area (Å²) in [6.07, 6.45) is 2.52. The van der Waals surface area contributed by atoms with E-state index in [1.54, 1.807) is 0 Å². The molecule has 0 N–H and O–H groups in total. The van der Waals surface area contributed by atoms with Gasteiger partial charge in [-0.1, -0.05) is 0 Å². The van der Waals surface area contributed by atoms with Gasteiger partial charge in [-0.2, -0.15) is 0 Å². The molecule has 1 aliphatic heterocycles. The summed E-state index contributed by atoms with van der Waals surface area (Å²) in [7, 11) is 0. The van der Waals surface area contributed by atoms with Crippen LogP contribution < -0.4 is 0 Å². The SMILES string of the molecule is CC(C)(C)OCCOCC1CCN(C(C)(C)C)CC1. The third-order valence-corrected chi connectivity index (χ3v) is 3.68. The predicted octanol–water partition coefficient (Wildman–Crippen LogP) is 3.33. The standard InChI is InChI=1S/C16H33NO2/c1-15(2,3)17-9-7-14(8-10-17)13-18-11-12-19-16(4,5)6/h14H,7-13H2,1-6H3. The van der Waals surface area contributed by atoms with Crippen molar-refractivity contribution in [3.63, 3.8) is 0 Å². The second-order valence-corrected chi connectivity index (χ2v) is 7.64. The molecule has 0 bridgehead atoms. The highest BCUT2D eigenvalue weighted by atomic mass is 16.5. The van der Waals surface area contributed by atoms with Crippen LogP contribution in [0.2, 0.25) is 0 Å². The van der Waals surface area contributed by atoms with E-state index in [2.05, 4.69) is 46.4 Å². The van der Waals surface area contributed by atoms with Gasteiger partial charge < -0.3 is 9.47 Å². The predicted molar refractivity (Wildman–Crippen MR) is 80.6 cm³/mol. The van der Waals surface area contributed by atoms with Crippen LogP contribution in [0.1, 0.15) is 54.4 Å². The molecule has 1 saturated heterocycles. The van der Waals surface area contributed by atoms with Crippen LogP contribution in [0, 0.1) is 5.92 Å². The van der Waals surface area contributed by atoms with Gasteiger partial charge in [0.25, 0.3) is 0 Å². The summed E-state index contributed by atoms with van der Waals surface area (Å²) in [5.74, 6) is 0.730. The van der Waals surface area contributed by atoms with Crippen molar-refractivity contribution < 1.29 is 9.47 Å². The molecule has 0 amide bonds. The van der Waals surface area contributed by atoms with Crippen LogP contribution in [0.3, 0.4) is 0 Å². The smallest absolute Gasteiger partial charge is 0.0707 e.